The van der Waals surface area contributed by atoms with Crippen LogP contribution in [0.4, 0.5) is 0 Å². The number of nitrogens with zero attached hydrogens (tertiary/aromatic N) is 1. The molecule has 1 saturated heterocycles. The van der Waals surface area contributed by atoms with Gasteiger partial charge in [-0.05, 0) is 61.9 Å². The van der Waals surface area contributed by atoms with E-state index >= 15 is 0 Å². The molecule has 2 aromatic rings. The SMILES string of the molecule is COc1ccc(CN=C(NCCCC2CCCCO2)NCCc2ccco2)cc1. The second-order valence-corrected chi connectivity index (χ2v) is 7.33. The van der Waals surface area contributed by atoms with Crippen LogP contribution in [0, 0.1) is 0 Å². The zero-order valence-electron chi connectivity index (χ0n) is 17.4. The monoisotopic (exact) mass is 399 g/mol. The van der Waals surface area contributed by atoms with Crippen LogP contribution in [0.2, 0.25) is 0 Å². The lowest BCUT2D eigenvalue weighted by Gasteiger charge is -2.22. The zero-order chi connectivity index (χ0) is 20.2. The molecule has 3 rings (SSSR count). The van der Waals surface area contributed by atoms with Crippen molar-refractivity contribution in [1.82, 2.24) is 10.6 Å². The molecule has 0 saturated carbocycles. The van der Waals surface area contributed by atoms with Gasteiger partial charge in [0.1, 0.15) is 11.5 Å². The Balaban J connectivity index is 1.46. The number of hydrogen-bond donors (Lipinski definition) is 2. The van der Waals surface area contributed by atoms with E-state index in [-0.39, 0.29) is 0 Å². The highest BCUT2D eigenvalue weighted by molar-refractivity contribution is 5.79. The fourth-order valence-corrected chi connectivity index (χ4v) is 3.41. The number of guanidine groups is 1. The van der Waals surface area contributed by atoms with Crippen LogP contribution in [0.5, 0.6) is 5.75 Å². The molecule has 6 heteroatoms. The lowest BCUT2D eigenvalue weighted by Crippen LogP contribution is -2.39. The fourth-order valence-electron chi connectivity index (χ4n) is 3.41. The van der Waals surface area contributed by atoms with Crippen molar-refractivity contribution in [3.63, 3.8) is 0 Å². The Bertz CT molecular complexity index is 707. The van der Waals surface area contributed by atoms with E-state index in [1.165, 1.54) is 19.3 Å². The van der Waals surface area contributed by atoms with Crippen molar-refractivity contribution < 1.29 is 13.9 Å². The van der Waals surface area contributed by atoms with Crippen molar-refractivity contribution in [3.8, 4) is 5.75 Å². The van der Waals surface area contributed by atoms with Crippen molar-refractivity contribution >= 4 is 5.96 Å². The Labute approximate surface area is 173 Å². The van der Waals surface area contributed by atoms with Crippen molar-refractivity contribution in [3.05, 3.63) is 54.0 Å². The van der Waals surface area contributed by atoms with Crippen molar-refractivity contribution in [2.24, 2.45) is 4.99 Å². The summed E-state index contributed by atoms with van der Waals surface area (Å²) in [6, 6.07) is 11.9. The summed E-state index contributed by atoms with van der Waals surface area (Å²) in [4.78, 5) is 4.74. The van der Waals surface area contributed by atoms with E-state index in [0.29, 0.717) is 12.6 Å². The van der Waals surface area contributed by atoms with Crippen molar-refractivity contribution in [2.75, 3.05) is 26.8 Å². The number of nitrogens with one attached hydrogen (secondary N) is 2. The van der Waals surface area contributed by atoms with E-state index in [0.717, 1.165) is 62.0 Å². The third-order valence-electron chi connectivity index (χ3n) is 5.09. The summed E-state index contributed by atoms with van der Waals surface area (Å²) < 4.78 is 16.4. The molecule has 1 aromatic heterocycles. The third kappa shape index (κ3) is 7.81. The minimum absolute atomic E-state index is 0.428. The maximum atomic E-state index is 5.82. The van der Waals surface area contributed by atoms with Crippen LogP contribution in [-0.4, -0.2) is 38.9 Å². The van der Waals surface area contributed by atoms with Gasteiger partial charge in [-0.15, -0.1) is 0 Å². The van der Waals surface area contributed by atoms with Crippen molar-refractivity contribution in [2.45, 2.75) is 51.2 Å². The molecule has 2 heterocycles. The van der Waals surface area contributed by atoms with Crippen LogP contribution >= 0.6 is 0 Å². The zero-order valence-corrected chi connectivity index (χ0v) is 17.4. The van der Waals surface area contributed by atoms with Gasteiger partial charge in [-0.1, -0.05) is 12.1 Å². The van der Waals surface area contributed by atoms with Gasteiger partial charge in [0.25, 0.3) is 0 Å². The van der Waals surface area contributed by atoms with Crippen LogP contribution in [0.1, 0.15) is 43.4 Å². The first-order chi connectivity index (χ1) is 14.3. The molecule has 2 N–H and O–H groups in total. The highest BCUT2D eigenvalue weighted by Gasteiger charge is 2.13. The Morgan fingerprint density at radius 2 is 2.00 bits per heavy atom. The van der Waals surface area contributed by atoms with Crippen molar-refractivity contribution in [1.29, 1.82) is 0 Å². The lowest BCUT2D eigenvalue weighted by atomic mass is 10.0. The standard InChI is InChI=1S/C23H33N3O3/c1-27-20-11-9-19(10-12-20)18-26-23(25-15-13-22-8-5-17-29-22)24-14-4-7-21-6-2-3-16-28-21/h5,8-12,17,21H,2-4,6-7,13-16,18H2,1H3,(H2,24,25,26). The largest absolute Gasteiger partial charge is 0.497 e. The predicted molar refractivity (Wildman–Crippen MR) is 115 cm³/mol. The second kappa shape index (κ2) is 12.2. The van der Waals surface area contributed by atoms with E-state index in [1.807, 2.05) is 36.4 Å². The van der Waals surface area contributed by atoms with Gasteiger partial charge >= 0.3 is 0 Å². The topological polar surface area (TPSA) is 68.0 Å². The summed E-state index contributed by atoms with van der Waals surface area (Å²) in [5.41, 5.74) is 1.15. The van der Waals surface area contributed by atoms with Crippen LogP contribution in [0.15, 0.2) is 52.1 Å². The highest BCUT2D eigenvalue weighted by Crippen LogP contribution is 2.16. The first kappa shape index (κ1) is 21.2. The van der Waals surface area contributed by atoms with Gasteiger partial charge in [-0.2, -0.15) is 0 Å². The average Bonchev–Trinajstić information content (AvgIpc) is 3.29. The molecule has 0 amide bonds. The molecule has 1 aliphatic rings. The number of furan rings is 1. The number of ether oxygens (including phenoxy) is 2. The third-order valence-corrected chi connectivity index (χ3v) is 5.09. The maximum Gasteiger partial charge on any atom is 0.191 e. The van der Waals surface area contributed by atoms with Gasteiger partial charge in [0.2, 0.25) is 0 Å². The first-order valence-corrected chi connectivity index (χ1v) is 10.6. The van der Waals surface area contributed by atoms with Gasteiger partial charge < -0.3 is 24.5 Å². The summed E-state index contributed by atoms with van der Waals surface area (Å²) in [6.07, 6.45) is 8.83. The van der Waals surface area contributed by atoms with E-state index < -0.39 is 0 Å². The molecule has 1 atom stereocenters. The molecule has 0 bridgehead atoms. The van der Waals surface area contributed by atoms with Gasteiger partial charge in [-0.25, -0.2) is 4.99 Å². The minimum atomic E-state index is 0.428. The molecular weight excluding hydrogens is 366 g/mol. The smallest absolute Gasteiger partial charge is 0.191 e. The number of rotatable bonds is 10. The normalized spacial score (nSPS) is 17.1. The van der Waals surface area contributed by atoms with Gasteiger partial charge in [0.15, 0.2) is 5.96 Å². The number of hydrogen-bond acceptors (Lipinski definition) is 4. The lowest BCUT2D eigenvalue weighted by molar-refractivity contribution is 0.0104. The Hall–Kier alpha value is -2.47. The van der Waals surface area contributed by atoms with Crippen LogP contribution in [-0.2, 0) is 17.7 Å². The quantitative estimate of drug-likeness (QED) is 0.360. The molecule has 0 spiro atoms. The molecule has 6 nitrogen and oxygen atoms in total. The Morgan fingerprint density at radius 3 is 2.72 bits per heavy atom. The van der Waals surface area contributed by atoms with Gasteiger partial charge in [0, 0.05) is 26.1 Å². The molecular formula is C23H33N3O3. The summed E-state index contributed by atoms with van der Waals surface area (Å²) in [6.45, 7) is 3.19. The Kier molecular flexibility index (Phi) is 8.91. The number of benzene rings is 1. The number of methoxy groups -OCH3 is 1. The summed E-state index contributed by atoms with van der Waals surface area (Å²) in [5.74, 6) is 2.66. The van der Waals surface area contributed by atoms with E-state index in [4.69, 9.17) is 18.9 Å². The molecule has 0 aliphatic carbocycles. The summed E-state index contributed by atoms with van der Waals surface area (Å²) in [5, 5.41) is 6.87. The van der Waals surface area contributed by atoms with Gasteiger partial charge in [-0.3, -0.25) is 0 Å². The predicted octanol–water partition coefficient (Wildman–Crippen LogP) is 3.92. The van der Waals surface area contributed by atoms with E-state index in [9.17, 15) is 0 Å². The molecule has 1 fully saturated rings. The summed E-state index contributed by atoms with van der Waals surface area (Å²) >= 11 is 0. The fraction of sp³-hybridized carbons (Fsp3) is 0.522. The average molecular weight is 400 g/mol. The van der Waals surface area contributed by atoms with E-state index in [1.54, 1.807) is 13.4 Å². The van der Waals surface area contributed by atoms with Crippen LogP contribution < -0.4 is 15.4 Å². The molecule has 158 valence electrons. The van der Waals surface area contributed by atoms with Crippen LogP contribution in [0.25, 0.3) is 0 Å². The minimum Gasteiger partial charge on any atom is -0.497 e. The highest BCUT2D eigenvalue weighted by atomic mass is 16.5. The Morgan fingerprint density at radius 1 is 1.14 bits per heavy atom. The molecule has 0 radical (unpaired) electrons. The molecule has 1 aliphatic heterocycles. The molecule has 29 heavy (non-hydrogen) atoms. The maximum absolute atomic E-state index is 5.82. The molecule has 1 unspecified atom stereocenters. The molecule has 1 aromatic carbocycles. The first-order valence-electron chi connectivity index (χ1n) is 10.6. The second-order valence-electron chi connectivity index (χ2n) is 7.33. The number of aliphatic imine (C=N–C) groups is 1. The summed E-state index contributed by atoms with van der Waals surface area (Å²) in [7, 11) is 1.68. The van der Waals surface area contributed by atoms with E-state index in [2.05, 4.69) is 10.6 Å². The van der Waals surface area contributed by atoms with Crippen LogP contribution in [0.3, 0.4) is 0 Å². The van der Waals surface area contributed by atoms with Gasteiger partial charge in [0.05, 0.1) is 26.0 Å².